The second-order valence-corrected chi connectivity index (χ2v) is 12.4. The fourth-order valence-corrected chi connectivity index (χ4v) is 7.14. The fourth-order valence-electron chi connectivity index (χ4n) is 7.14. The summed E-state index contributed by atoms with van der Waals surface area (Å²) in [7, 11) is 0. The summed E-state index contributed by atoms with van der Waals surface area (Å²) in [5, 5.41) is 31.1. The van der Waals surface area contributed by atoms with Gasteiger partial charge in [0.2, 0.25) is 0 Å². The van der Waals surface area contributed by atoms with Gasteiger partial charge in [0.25, 0.3) is 0 Å². The highest BCUT2D eigenvalue weighted by molar-refractivity contribution is 5.73. The van der Waals surface area contributed by atoms with Crippen LogP contribution in [0.1, 0.15) is 85.5 Å². The number of allylic oxidation sites excluding steroid dienone is 4. The van der Waals surface area contributed by atoms with Crippen molar-refractivity contribution in [1.82, 2.24) is 0 Å². The Hall–Kier alpha value is -1.47. The summed E-state index contributed by atoms with van der Waals surface area (Å²) in [5.41, 5.74) is 8.12. The zero-order valence-electron chi connectivity index (χ0n) is 22.8. The second-order valence-electron chi connectivity index (χ2n) is 12.4. The topological polar surface area (TPSA) is 113 Å². The van der Waals surface area contributed by atoms with E-state index in [4.69, 9.17) is 10.5 Å². The number of aliphatic hydroxyl groups excluding tert-OH is 2. The number of aliphatic hydroxyl groups is 3. The molecule has 36 heavy (non-hydrogen) atoms. The average molecular weight is 504 g/mol. The SMILES string of the molecule is C=C1CC[C@H](O)C/C1=C/C=C1CCC[C@@]2(C)C1CC[C@@H]2[C@H](C)C(CC(O)C(C)(C)O)C(=O)OCCN. The van der Waals surface area contributed by atoms with Gasteiger partial charge in [0, 0.05) is 6.54 Å². The summed E-state index contributed by atoms with van der Waals surface area (Å²) in [6.45, 7) is 12.3. The third kappa shape index (κ3) is 6.50. The monoisotopic (exact) mass is 503 g/mol. The van der Waals surface area contributed by atoms with Gasteiger partial charge in [-0.15, -0.1) is 0 Å². The molecule has 3 fully saturated rings. The number of hydrogen-bond donors (Lipinski definition) is 4. The molecule has 0 aromatic heterocycles. The van der Waals surface area contributed by atoms with Crippen molar-refractivity contribution in [1.29, 1.82) is 0 Å². The Morgan fingerprint density at radius 3 is 2.67 bits per heavy atom. The van der Waals surface area contributed by atoms with E-state index in [1.807, 2.05) is 0 Å². The number of fused-ring (bicyclic) bond motifs is 1. The first-order valence-electron chi connectivity index (χ1n) is 13.9. The number of hydrogen-bond acceptors (Lipinski definition) is 6. The van der Waals surface area contributed by atoms with Crippen molar-refractivity contribution in [3.8, 4) is 0 Å². The summed E-state index contributed by atoms with van der Waals surface area (Å²) in [6.07, 6.45) is 11.1. The van der Waals surface area contributed by atoms with E-state index < -0.39 is 17.6 Å². The van der Waals surface area contributed by atoms with Crippen molar-refractivity contribution in [2.45, 2.75) is 103 Å². The van der Waals surface area contributed by atoms with Gasteiger partial charge in [0.1, 0.15) is 6.61 Å². The van der Waals surface area contributed by atoms with Crippen LogP contribution in [0.4, 0.5) is 0 Å². The average Bonchev–Trinajstić information content (AvgIpc) is 3.17. The molecule has 0 heterocycles. The molecule has 0 spiro atoms. The molecule has 204 valence electrons. The van der Waals surface area contributed by atoms with E-state index in [1.54, 1.807) is 13.8 Å². The summed E-state index contributed by atoms with van der Waals surface area (Å²) in [6, 6.07) is 0. The minimum absolute atomic E-state index is 0.00764. The molecule has 6 nitrogen and oxygen atoms in total. The van der Waals surface area contributed by atoms with Gasteiger partial charge in [-0.05, 0) is 100 Å². The molecule has 0 saturated heterocycles. The van der Waals surface area contributed by atoms with Gasteiger partial charge in [0.15, 0.2) is 0 Å². The molecule has 3 rings (SSSR count). The van der Waals surface area contributed by atoms with Crippen molar-refractivity contribution in [2.75, 3.05) is 13.2 Å². The summed E-state index contributed by atoms with van der Waals surface area (Å²) < 4.78 is 5.46. The molecule has 3 unspecified atom stereocenters. The minimum Gasteiger partial charge on any atom is -0.464 e. The molecule has 0 amide bonds. The molecule has 0 aliphatic heterocycles. The van der Waals surface area contributed by atoms with Gasteiger partial charge in [-0.3, -0.25) is 4.79 Å². The van der Waals surface area contributed by atoms with Crippen LogP contribution in [-0.2, 0) is 9.53 Å². The molecule has 5 N–H and O–H groups in total. The molecule has 3 saturated carbocycles. The van der Waals surface area contributed by atoms with Gasteiger partial charge >= 0.3 is 5.97 Å². The van der Waals surface area contributed by atoms with Gasteiger partial charge in [-0.2, -0.15) is 0 Å². The van der Waals surface area contributed by atoms with Gasteiger partial charge in [-0.1, -0.05) is 43.7 Å². The summed E-state index contributed by atoms with van der Waals surface area (Å²) in [4.78, 5) is 13.1. The van der Waals surface area contributed by atoms with Gasteiger partial charge < -0.3 is 25.8 Å². The number of rotatable bonds is 9. The smallest absolute Gasteiger partial charge is 0.309 e. The van der Waals surface area contributed by atoms with Crippen LogP contribution in [-0.4, -0.2) is 52.2 Å². The van der Waals surface area contributed by atoms with Crippen LogP contribution < -0.4 is 5.73 Å². The molecule has 3 aliphatic carbocycles. The third-order valence-electron chi connectivity index (χ3n) is 9.45. The van der Waals surface area contributed by atoms with Crippen molar-refractivity contribution in [3.63, 3.8) is 0 Å². The Kier molecular flexibility index (Phi) is 9.64. The van der Waals surface area contributed by atoms with E-state index in [9.17, 15) is 20.1 Å². The van der Waals surface area contributed by atoms with Crippen LogP contribution in [0.3, 0.4) is 0 Å². The molecular formula is C30H49NO5. The second kappa shape index (κ2) is 11.9. The van der Waals surface area contributed by atoms with Crippen molar-refractivity contribution < 1.29 is 24.9 Å². The zero-order valence-corrected chi connectivity index (χ0v) is 22.8. The lowest BCUT2D eigenvalue weighted by Crippen LogP contribution is -2.44. The number of carbonyl (C=O) groups is 1. The van der Waals surface area contributed by atoms with E-state index >= 15 is 0 Å². The van der Waals surface area contributed by atoms with Crippen molar-refractivity contribution in [3.05, 3.63) is 35.5 Å². The lowest BCUT2D eigenvalue weighted by atomic mass is 9.59. The van der Waals surface area contributed by atoms with Gasteiger partial charge in [-0.25, -0.2) is 0 Å². The van der Waals surface area contributed by atoms with Crippen LogP contribution in [0.15, 0.2) is 35.5 Å². The normalized spacial score (nSPS) is 33.9. The Balaban J connectivity index is 1.83. The maximum Gasteiger partial charge on any atom is 0.309 e. The van der Waals surface area contributed by atoms with Crippen LogP contribution in [0.2, 0.25) is 0 Å². The number of nitrogens with two attached hydrogens (primary N) is 1. The Labute approximate surface area is 217 Å². The maximum atomic E-state index is 13.1. The number of carbonyl (C=O) groups excluding carboxylic acids is 1. The third-order valence-corrected chi connectivity index (χ3v) is 9.45. The molecule has 0 aromatic carbocycles. The number of ether oxygens (including phenoxy) is 1. The largest absolute Gasteiger partial charge is 0.464 e. The van der Waals surface area contributed by atoms with E-state index in [1.165, 1.54) is 11.1 Å². The van der Waals surface area contributed by atoms with Crippen LogP contribution in [0, 0.1) is 29.1 Å². The summed E-state index contributed by atoms with van der Waals surface area (Å²) in [5.74, 6) is -0.0451. The first-order chi connectivity index (χ1) is 16.9. The first-order valence-corrected chi connectivity index (χ1v) is 13.9. The molecule has 7 atom stereocenters. The highest BCUT2D eigenvalue weighted by Crippen LogP contribution is 2.60. The Morgan fingerprint density at radius 1 is 1.28 bits per heavy atom. The van der Waals surface area contributed by atoms with Crippen molar-refractivity contribution >= 4 is 5.97 Å². The van der Waals surface area contributed by atoms with E-state index in [0.29, 0.717) is 18.3 Å². The van der Waals surface area contributed by atoms with Crippen LogP contribution >= 0.6 is 0 Å². The quantitative estimate of drug-likeness (QED) is 0.346. The number of esters is 1. The molecule has 0 bridgehead atoms. The first kappa shape index (κ1) is 29.1. The minimum atomic E-state index is -1.29. The lowest BCUT2D eigenvalue weighted by Gasteiger charge is -2.46. The standard InChI is InChI=1S/C30H49NO5/c1-19-8-11-23(32)17-22(19)10-9-21-7-6-14-30(5)25(12-13-26(21)30)20(2)24(28(34)36-16-15-31)18-27(33)29(3,4)35/h9-10,20,23-27,32-33,35H,1,6-8,11-18,31H2,2-5H3/b21-9?,22-10-/t20-,23+,24?,25-,26?,27?,30-/m1/s1. The summed E-state index contributed by atoms with van der Waals surface area (Å²) >= 11 is 0. The highest BCUT2D eigenvalue weighted by atomic mass is 16.5. The van der Waals surface area contributed by atoms with Crippen LogP contribution in [0.25, 0.3) is 0 Å². The molecule has 0 aromatic rings. The zero-order chi connectivity index (χ0) is 26.7. The van der Waals surface area contributed by atoms with Crippen LogP contribution in [0.5, 0.6) is 0 Å². The Morgan fingerprint density at radius 2 is 2.00 bits per heavy atom. The maximum absolute atomic E-state index is 13.1. The lowest BCUT2D eigenvalue weighted by molar-refractivity contribution is -0.155. The van der Waals surface area contributed by atoms with E-state index in [2.05, 4.69) is 32.6 Å². The highest BCUT2D eigenvalue weighted by Gasteiger charge is 2.53. The molecule has 3 aliphatic rings. The Bertz CT molecular complexity index is 856. The van der Waals surface area contributed by atoms with E-state index in [0.717, 1.165) is 50.5 Å². The predicted octanol–water partition coefficient (Wildman–Crippen LogP) is 4.43. The van der Waals surface area contributed by atoms with E-state index in [-0.39, 0.29) is 43.0 Å². The molecule has 6 heteroatoms. The van der Waals surface area contributed by atoms with Gasteiger partial charge in [0.05, 0.1) is 23.7 Å². The molecular weight excluding hydrogens is 454 g/mol. The van der Waals surface area contributed by atoms with Crippen molar-refractivity contribution in [2.24, 2.45) is 34.8 Å². The molecule has 0 radical (unpaired) electrons. The fraction of sp³-hybridized carbons (Fsp3) is 0.767. The predicted molar refractivity (Wildman–Crippen MR) is 143 cm³/mol.